The van der Waals surface area contributed by atoms with Gasteiger partial charge in [0.1, 0.15) is 18.5 Å². The van der Waals surface area contributed by atoms with Gasteiger partial charge in [0.15, 0.2) is 6.20 Å². The molecule has 0 saturated heterocycles. The van der Waals surface area contributed by atoms with Crippen molar-refractivity contribution in [3.8, 4) is 22.8 Å². The molecule has 158 valence electrons. The molecule has 0 atom stereocenters. The van der Waals surface area contributed by atoms with Crippen LogP contribution in [-0.4, -0.2) is 0 Å². The molecule has 0 N–H and O–H groups in total. The third-order valence-electron chi connectivity index (χ3n) is 7.27. The fourth-order valence-corrected chi connectivity index (χ4v) is 5.62. The summed E-state index contributed by atoms with van der Waals surface area (Å²) >= 11 is 0. The highest BCUT2D eigenvalue weighted by Crippen LogP contribution is 2.52. The number of aromatic nitrogens is 1. The van der Waals surface area contributed by atoms with Crippen LogP contribution in [0.25, 0.3) is 43.6 Å². The maximum absolute atomic E-state index is 6.78. The van der Waals surface area contributed by atoms with E-state index in [1.807, 2.05) is 0 Å². The second-order valence-corrected chi connectivity index (χ2v) is 9.64. The van der Waals surface area contributed by atoms with Crippen molar-refractivity contribution < 1.29 is 9.30 Å². The summed E-state index contributed by atoms with van der Waals surface area (Å²) in [5.74, 6) is 2.42. The van der Waals surface area contributed by atoms with Crippen molar-refractivity contribution in [1.29, 1.82) is 0 Å². The molecule has 1 aromatic heterocycles. The van der Waals surface area contributed by atoms with E-state index in [4.69, 9.17) is 4.74 Å². The molecular weight excluding hydrogens is 390 g/mol. The van der Waals surface area contributed by atoms with Crippen molar-refractivity contribution in [2.75, 3.05) is 0 Å². The van der Waals surface area contributed by atoms with Gasteiger partial charge in [0.05, 0.1) is 10.9 Å². The average Bonchev–Trinajstić information content (AvgIpc) is 2.78. The summed E-state index contributed by atoms with van der Waals surface area (Å²) in [5, 5.41) is 7.65. The largest absolute Gasteiger partial charge is 0.455 e. The lowest BCUT2D eigenvalue weighted by molar-refractivity contribution is -0.659. The van der Waals surface area contributed by atoms with Crippen molar-refractivity contribution in [3.05, 3.63) is 77.0 Å². The first-order chi connectivity index (χ1) is 15.4. The van der Waals surface area contributed by atoms with Crippen molar-refractivity contribution in [2.45, 2.75) is 40.5 Å². The molecule has 2 nitrogen and oxygen atoms in total. The monoisotopic (exact) mass is 418 g/mol. The Labute approximate surface area is 189 Å². The number of benzene rings is 4. The molecule has 2 heterocycles. The van der Waals surface area contributed by atoms with Gasteiger partial charge >= 0.3 is 0 Å². The molecule has 0 aliphatic carbocycles. The molecule has 0 radical (unpaired) electrons. The highest BCUT2D eigenvalue weighted by atomic mass is 16.5. The minimum Gasteiger partial charge on any atom is -0.455 e. The fourth-order valence-electron chi connectivity index (χ4n) is 5.62. The molecule has 6 rings (SSSR count). The number of hydrogen-bond acceptors (Lipinski definition) is 1. The molecule has 0 fully saturated rings. The van der Waals surface area contributed by atoms with Gasteiger partial charge in [0.2, 0.25) is 5.69 Å². The summed E-state index contributed by atoms with van der Waals surface area (Å²) in [6.07, 6.45) is 2.20. The third kappa shape index (κ3) is 2.44. The lowest BCUT2D eigenvalue weighted by Crippen LogP contribution is -2.32. The van der Waals surface area contributed by atoms with Gasteiger partial charge in [-0.25, -0.2) is 4.57 Å². The van der Waals surface area contributed by atoms with Crippen LogP contribution in [0.3, 0.4) is 0 Å². The Balaban J connectivity index is 1.83. The van der Waals surface area contributed by atoms with Crippen LogP contribution in [0.2, 0.25) is 0 Å². The van der Waals surface area contributed by atoms with Gasteiger partial charge in [-0.3, -0.25) is 0 Å². The molecule has 0 unspecified atom stereocenters. The molecule has 4 aromatic carbocycles. The van der Waals surface area contributed by atoms with Gasteiger partial charge in [0.25, 0.3) is 0 Å². The molecule has 0 bridgehead atoms. The second-order valence-electron chi connectivity index (χ2n) is 9.64. The Morgan fingerprint density at radius 3 is 2.38 bits per heavy atom. The van der Waals surface area contributed by atoms with Gasteiger partial charge in [-0.05, 0) is 65.4 Å². The molecule has 0 spiro atoms. The predicted molar refractivity (Wildman–Crippen MR) is 134 cm³/mol. The number of pyridine rings is 1. The zero-order valence-corrected chi connectivity index (χ0v) is 19.6. The summed E-state index contributed by atoms with van der Waals surface area (Å²) in [7, 11) is 2.15. The number of hydrogen-bond donors (Lipinski definition) is 0. The van der Waals surface area contributed by atoms with Crippen molar-refractivity contribution in [1.82, 2.24) is 0 Å². The summed E-state index contributed by atoms with van der Waals surface area (Å²) in [6.45, 7) is 11.1. The summed E-state index contributed by atoms with van der Waals surface area (Å²) < 4.78 is 9.05. The van der Waals surface area contributed by atoms with E-state index >= 15 is 0 Å². The molecule has 2 heteroatoms. The van der Waals surface area contributed by atoms with E-state index in [1.54, 1.807) is 0 Å². The maximum atomic E-state index is 6.78. The van der Waals surface area contributed by atoms with Crippen LogP contribution in [0.5, 0.6) is 11.5 Å². The lowest BCUT2D eigenvalue weighted by atomic mass is 9.86. The van der Waals surface area contributed by atoms with E-state index in [2.05, 4.69) is 101 Å². The first-order valence-corrected chi connectivity index (χ1v) is 11.5. The van der Waals surface area contributed by atoms with Crippen LogP contribution in [0.15, 0.2) is 54.7 Å². The number of aryl methyl sites for hydroxylation is 4. The van der Waals surface area contributed by atoms with Crippen molar-refractivity contribution in [3.63, 3.8) is 0 Å². The van der Waals surface area contributed by atoms with E-state index in [0.717, 1.165) is 11.5 Å². The number of nitrogens with zero attached hydrogens (tertiary/aromatic N) is 1. The first-order valence-electron chi connectivity index (χ1n) is 11.5. The zero-order valence-electron chi connectivity index (χ0n) is 19.6. The van der Waals surface area contributed by atoms with Crippen molar-refractivity contribution >= 4 is 32.3 Å². The summed E-state index contributed by atoms with van der Waals surface area (Å²) in [5.41, 5.74) is 7.62. The van der Waals surface area contributed by atoms with Gasteiger partial charge in [-0.15, -0.1) is 0 Å². The van der Waals surface area contributed by atoms with Gasteiger partial charge < -0.3 is 4.74 Å². The van der Waals surface area contributed by atoms with E-state index in [-0.39, 0.29) is 0 Å². The van der Waals surface area contributed by atoms with E-state index in [0.29, 0.717) is 5.92 Å². The summed E-state index contributed by atoms with van der Waals surface area (Å²) in [6, 6.07) is 18.0. The zero-order chi connectivity index (χ0) is 22.3. The Morgan fingerprint density at radius 1 is 0.781 bits per heavy atom. The standard InChI is InChI=1S/C30H28NO/c1-16(2)20-8-7-9-22-23-12-13-31(6)29-27-18(4)24-14-17(3)10-11-21(24)19(5)30(27)32-26(28(23)29)15-25(20)22/h7-16H,1-6H3/q+1. The fraction of sp³-hybridized carbons (Fsp3) is 0.233. The number of fused-ring (bicyclic) bond motifs is 5. The van der Waals surface area contributed by atoms with Gasteiger partial charge in [-0.2, -0.15) is 0 Å². The third-order valence-corrected chi connectivity index (χ3v) is 7.27. The smallest absolute Gasteiger partial charge is 0.228 e. The molecular formula is C30H28NO+. The average molecular weight is 419 g/mol. The van der Waals surface area contributed by atoms with E-state index in [9.17, 15) is 0 Å². The quantitative estimate of drug-likeness (QED) is 0.196. The van der Waals surface area contributed by atoms with Crippen LogP contribution in [-0.2, 0) is 7.05 Å². The molecule has 5 aromatic rings. The van der Waals surface area contributed by atoms with Crippen molar-refractivity contribution in [2.24, 2.45) is 7.05 Å². The Morgan fingerprint density at radius 2 is 1.59 bits per heavy atom. The minimum absolute atomic E-state index is 0.453. The topological polar surface area (TPSA) is 13.1 Å². The van der Waals surface area contributed by atoms with Crippen LogP contribution in [0, 0.1) is 20.8 Å². The van der Waals surface area contributed by atoms with Crippen LogP contribution >= 0.6 is 0 Å². The summed E-state index contributed by atoms with van der Waals surface area (Å²) in [4.78, 5) is 0. The Hall–Kier alpha value is -3.39. The Kier molecular flexibility index (Phi) is 3.96. The molecule has 1 aliphatic heterocycles. The Bertz CT molecular complexity index is 1610. The first kappa shape index (κ1) is 19.3. The second kappa shape index (κ2) is 6.56. The number of rotatable bonds is 1. The minimum atomic E-state index is 0.453. The molecule has 1 aliphatic rings. The lowest BCUT2D eigenvalue weighted by Gasteiger charge is -2.25. The molecule has 0 amide bonds. The van der Waals surface area contributed by atoms with Gasteiger partial charge in [0, 0.05) is 17.0 Å². The SMILES string of the molecule is Cc1ccc2c(C)c3c(c(C)c2c1)-c1c2c(cc4c(C(C)C)cccc4c2cc[n+]1C)O3. The molecule has 0 saturated carbocycles. The van der Waals surface area contributed by atoms with E-state index < -0.39 is 0 Å². The van der Waals surface area contributed by atoms with E-state index in [1.165, 1.54) is 65.8 Å². The maximum Gasteiger partial charge on any atom is 0.228 e. The van der Waals surface area contributed by atoms with Crippen LogP contribution < -0.4 is 9.30 Å². The predicted octanol–water partition coefficient (Wildman–Crippen LogP) is 7.79. The molecule has 32 heavy (non-hydrogen) atoms. The highest BCUT2D eigenvalue weighted by Gasteiger charge is 2.32. The highest BCUT2D eigenvalue weighted by molar-refractivity contribution is 6.16. The van der Waals surface area contributed by atoms with Crippen LogP contribution in [0.1, 0.15) is 42.0 Å². The van der Waals surface area contributed by atoms with Crippen LogP contribution in [0.4, 0.5) is 0 Å². The van der Waals surface area contributed by atoms with Gasteiger partial charge in [-0.1, -0.05) is 55.8 Å². The number of ether oxygens (including phenoxy) is 1. The normalized spacial score (nSPS) is 12.6.